The van der Waals surface area contributed by atoms with Crippen LogP contribution in [0.25, 0.3) is 0 Å². The zero-order chi connectivity index (χ0) is 15.9. The molecule has 3 amide bonds. The Labute approximate surface area is 133 Å². The minimum absolute atomic E-state index is 0.163. The highest BCUT2D eigenvalue weighted by Crippen LogP contribution is 2.15. The molecule has 0 unspecified atom stereocenters. The largest absolute Gasteiger partial charge is 0.334 e. The van der Waals surface area contributed by atoms with Crippen molar-refractivity contribution in [2.45, 2.75) is 13.5 Å². The first-order chi connectivity index (χ1) is 10.5. The van der Waals surface area contributed by atoms with E-state index in [1.807, 2.05) is 12.1 Å². The summed E-state index contributed by atoms with van der Waals surface area (Å²) in [4.78, 5) is 22.9. The van der Waals surface area contributed by atoms with Crippen molar-refractivity contribution in [2.75, 3.05) is 10.6 Å². The number of hydrogen-bond donors (Lipinski definition) is 3. The minimum Gasteiger partial charge on any atom is -0.334 e. The third kappa shape index (κ3) is 5.10. The minimum atomic E-state index is -0.324. The van der Waals surface area contributed by atoms with Crippen molar-refractivity contribution in [3.63, 3.8) is 0 Å². The molecule has 6 heteroatoms. The van der Waals surface area contributed by atoms with Gasteiger partial charge in [-0.2, -0.15) is 0 Å². The molecule has 0 aliphatic carbocycles. The molecule has 0 atom stereocenters. The van der Waals surface area contributed by atoms with E-state index in [-0.39, 0.29) is 11.9 Å². The summed E-state index contributed by atoms with van der Waals surface area (Å²) in [6.45, 7) is 1.83. The number of urea groups is 1. The number of benzene rings is 2. The van der Waals surface area contributed by atoms with Crippen molar-refractivity contribution in [1.29, 1.82) is 0 Å². The summed E-state index contributed by atoms with van der Waals surface area (Å²) >= 11 is 5.80. The number of amides is 3. The molecule has 2 rings (SSSR count). The molecule has 0 bridgehead atoms. The maximum absolute atomic E-state index is 11.9. The van der Waals surface area contributed by atoms with E-state index in [1.165, 1.54) is 6.92 Å². The van der Waals surface area contributed by atoms with Crippen LogP contribution in [0.1, 0.15) is 12.5 Å². The molecule has 2 aromatic carbocycles. The highest BCUT2D eigenvalue weighted by atomic mass is 35.5. The predicted molar refractivity (Wildman–Crippen MR) is 88.1 cm³/mol. The summed E-state index contributed by atoms with van der Waals surface area (Å²) in [7, 11) is 0. The second kappa shape index (κ2) is 7.47. The molecule has 0 aromatic heterocycles. The van der Waals surface area contributed by atoms with Crippen molar-refractivity contribution in [3.05, 3.63) is 59.1 Å². The summed E-state index contributed by atoms with van der Waals surface area (Å²) in [5, 5.41) is 8.77. The lowest BCUT2D eigenvalue weighted by atomic mass is 10.2. The molecule has 0 spiro atoms. The van der Waals surface area contributed by atoms with E-state index in [4.69, 9.17) is 11.6 Å². The maximum atomic E-state index is 11.9. The van der Waals surface area contributed by atoms with Crippen molar-refractivity contribution >= 4 is 34.9 Å². The van der Waals surface area contributed by atoms with Crippen LogP contribution >= 0.6 is 11.6 Å². The molecular weight excluding hydrogens is 302 g/mol. The molecule has 0 heterocycles. The number of hydrogen-bond acceptors (Lipinski definition) is 2. The van der Waals surface area contributed by atoms with Crippen LogP contribution in [-0.2, 0) is 11.3 Å². The lowest BCUT2D eigenvalue weighted by Gasteiger charge is -2.09. The van der Waals surface area contributed by atoms with Gasteiger partial charge in [-0.05, 0) is 35.9 Å². The fourth-order valence-electron chi connectivity index (χ4n) is 1.84. The van der Waals surface area contributed by atoms with Gasteiger partial charge in [-0.15, -0.1) is 0 Å². The van der Waals surface area contributed by atoms with Gasteiger partial charge in [-0.25, -0.2) is 4.79 Å². The van der Waals surface area contributed by atoms with Crippen molar-refractivity contribution < 1.29 is 9.59 Å². The molecule has 0 saturated carbocycles. The van der Waals surface area contributed by atoms with Crippen molar-refractivity contribution in [2.24, 2.45) is 0 Å². The highest BCUT2D eigenvalue weighted by Gasteiger charge is 2.03. The average molecular weight is 318 g/mol. The number of anilines is 2. The maximum Gasteiger partial charge on any atom is 0.319 e. The second-order valence-electron chi connectivity index (χ2n) is 4.70. The molecule has 2 aromatic rings. The van der Waals surface area contributed by atoms with Gasteiger partial charge in [0.15, 0.2) is 0 Å². The Morgan fingerprint density at radius 2 is 1.64 bits per heavy atom. The average Bonchev–Trinajstić information content (AvgIpc) is 2.46. The lowest BCUT2D eigenvalue weighted by molar-refractivity contribution is -0.114. The van der Waals surface area contributed by atoms with Crippen LogP contribution in [0.3, 0.4) is 0 Å². The Morgan fingerprint density at radius 1 is 1.00 bits per heavy atom. The predicted octanol–water partition coefficient (Wildman–Crippen LogP) is 3.62. The first-order valence-electron chi connectivity index (χ1n) is 6.70. The van der Waals surface area contributed by atoms with Crippen LogP contribution in [0.2, 0.25) is 5.02 Å². The van der Waals surface area contributed by atoms with Gasteiger partial charge >= 0.3 is 6.03 Å². The Hall–Kier alpha value is -2.53. The fourth-order valence-corrected chi connectivity index (χ4v) is 1.96. The van der Waals surface area contributed by atoms with Gasteiger partial charge in [0.25, 0.3) is 0 Å². The van der Waals surface area contributed by atoms with E-state index in [0.717, 1.165) is 5.56 Å². The summed E-state index contributed by atoms with van der Waals surface area (Å²) in [5.41, 5.74) is 2.18. The molecule has 22 heavy (non-hydrogen) atoms. The Bertz CT molecular complexity index is 671. The van der Waals surface area contributed by atoms with Crippen molar-refractivity contribution in [1.82, 2.24) is 5.32 Å². The zero-order valence-corrected chi connectivity index (χ0v) is 12.8. The molecule has 0 fully saturated rings. The molecular formula is C16H16ClN3O2. The highest BCUT2D eigenvalue weighted by molar-refractivity contribution is 6.30. The summed E-state index contributed by atoms with van der Waals surface area (Å²) in [5.74, 6) is -0.163. The van der Waals surface area contributed by atoms with Crippen LogP contribution in [0.15, 0.2) is 48.5 Å². The zero-order valence-electron chi connectivity index (χ0n) is 12.0. The molecule has 0 aliphatic rings. The van der Waals surface area contributed by atoms with Crippen LogP contribution in [0.4, 0.5) is 16.2 Å². The van der Waals surface area contributed by atoms with Crippen LogP contribution in [0, 0.1) is 0 Å². The van der Waals surface area contributed by atoms with Gasteiger partial charge in [0.1, 0.15) is 0 Å². The van der Waals surface area contributed by atoms with Gasteiger partial charge in [0, 0.05) is 29.9 Å². The second-order valence-corrected chi connectivity index (χ2v) is 5.13. The number of nitrogens with one attached hydrogen (secondary N) is 3. The molecule has 5 nitrogen and oxygen atoms in total. The van der Waals surface area contributed by atoms with Crippen molar-refractivity contribution in [3.8, 4) is 0 Å². The lowest BCUT2D eigenvalue weighted by Crippen LogP contribution is -2.28. The third-order valence-corrected chi connectivity index (χ3v) is 3.06. The standard InChI is InChI=1S/C16H16ClN3O2/c1-11(21)19-14-3-2-4-15(9-14)20-16(22)18-10-12-5-7-13(17)8-6-12/h2-9H,10H2,1H3,(H,19,21)(H2,18,20,22). The van der Waals surface area contributed by atoms with Gasteiger partial charge in [-0.1, -0.05) is 29.8 Å². The number of rotatable bonds is 4. The van der Waals surface area contributed by atoms with E-state index in [2.05, 4.69) is 16.0 Å². The first kappa shape index (κ1) is 15.9. The monoisotopic (exact) mass is 317 g/mol. The van der Waals surface area contributed by atoms with E-state index in [9.17, 15) is 9.59 Å². The normalized spacial score (nSPS) is 9.91. The van der Waals surface area contributed by atoms with Crippen LogP contribution < -0.4 is 16.0 Å². The fraction of sp³-hybridized carbons (Fsp3) is 0.125. The number of halogens is 1. The third-order valence-electron chi connectivity index (χ3n) is 2.81. The summed E-state index contributed by atoms with van der Waals surface area (Å²) < 4.78 is 0. The Balaban J connectivity index is 1.89. The number of carbonyl (C=O) groups is 2. The topological polar surface area (TPSA) is 70.2 Å². The smallest absolute Gasteiger partial charge is 0.319 e. The molecule has 0 radical (unpaired) electrons. The van der Waals surface area contributed by atoms with Gasteiger partial charge in [-0.3, -0.25) is 4.79 Å². The molecule has 3 N–H and O–H groups in total. The van der Waals surface area contributed by atoms with Crippen LogP contribution in [0.5, 0.6) is 0 Å². The van der Waals surface area contributed by atoms with E-state index >= 15 is 0 Å². The molecule has 0 saturated heterocycles. The van der Waals surface area contributed by atoms with E-state index in [1.54, 1.807) is 36.4 Å². The summed E-state index contributed by atoms with van der Waals surface area (Å²) in [6, 6.07) is 13.8. The molecule has 114 valence electrons. The van der Waals surface area contributed by atoms with Gasteiger partial charge < -0.3 is 16.0 Å². The Kier molecular flexibility index (Phi) is 5.38. The quantitative estimate of drug-likeness (QED) is 0.806. The first-order valence-corrected chi connectivity index (χ1v) is 7.08. The SMILES string of the molecule is CC(=O)Nc1cccc(NC(=O)NCc2ccc(Cl)cc2)c1. The van der Waals surface area contributed by atoms with Crippen LogP contribution in [-0.4, -0.2) is 11.9 Å². The summed E-state index contributed by atoms with van der Waals surface area (Å²) in [6.07, 6.45) is 0. The van der Waals surface area contributed by atoms with Gasteiger partial charge in [0.05, 0.1) is 0 Å². The van der Waals surface area contributed by atoms with Gasteiger partial charge in [0.2, 0.25) is 5.91 Å². The number of carbonyl (C=O) groups excluding carboxylic acids is 2. The van der Waals surface area contributed by atoms with E-state index < -0.39 is 0 Å². The molecule has 0 aliphatic heterocycles. The van der Waals surface area contributed by atoms with E-state index in [0.29, 0.717) is 22.9 Å². The Morgan fingerprint density at radius 3 is 2.27 bits per heavy atom.